The Kier molecular flexibility index (Phi) is 18.3. The molecule has 2 nitrogen and oxygen atoms in total. The van der Waals surface area contributed by atoms with Gasteiger partial charge in [0.25, 0.3) is 0 Å². The summed E-state index contributed by atoms with van der Waals surface area (Å²) >= 11 is 0. The zero-order valence-electron chi connectivity index (χ0n) is 17.0. The molecule has 0 spiro atoms. The zero-order chi connectivity index (χ0) is 17.3. The number of unbranched alkanes of at least 4 members (excludes halogenated alkanes) is 15. The van der Waals surface area contributed by atoms with E-state index in [2.05, 4.69) is 23.1 Å². The van der Waals surface area contributed by atoms with Gasteiger partial charge in [-0.2, -0.15) is 0 Å². The minimum Gasteiger partial charge on any atom is -0.349 e. The van der Waals surface area contributed by atoms with Crippen LogP contribution in [0.4, 0.5) is 0 Å². The van der Waals surface area contributed by atoms with Crippen molar-refractivity contribution in [3.63, 3.8) is 0 Å². The van der Waals surface area contributed by atoms with Gasteiger partial charge in [0.15, 0.2) is 0 Å². The van der Waals surface area contributed by atoms with E-state index in [9.17, 15) is 0 Å². The first-order valence-electron chi connectivity index (χ1n) is 10.8. The van der Waals surface area contributed by atoms with Crippen molar-refractivity contribution >= 4 is 17.0 Å². The number of aryl methyl sites for hydroxylation is 2. The standard InChI is InChI=1S/C22H42N2.BrH/c1-3-4-5-6-7-8-9-10-11-12-13-14-15-16-17-18-19-22-20-23-21(2)24-22;/h20H,3-19H2,1-2H3,(H,23,24);1H. The van der Waals surface area contributed by atoms with Gasteiger partial charge in [-0.15, -0.1) is 17.0 Å². The summed E-state index contributed by atoms with van der Waals surface area (Å²) < 4.78 is 0. The Morgan fingerprint density at radius 3 is 1.44 bits per heavy atom. The molecule has 0 saturated carbocycles. The molecule has 0 bridgehead atoms. The van der Waals surface area contributed by atoms with Crippen molar-refractivity contribution in [1.82, 2.24) is 9.97 Å². The van der Waals surface area contributed by atoms with Crippen LogP contribution in [0.5, 0.6) is 0 Å². The van der Waals surface area contributed by atoms with E-state index in [1.165, 1.54) is 108 Å². The summed E-state index contributed by atoms with van der Waals surface area (Å²) in [5, 5.41) is 0. The fourth-order valence-electron chi connectivity index (χ4n) is 3.45. The second-order valence-corrected chi connectivity index (χ2v) is 7.53. The molecule has 0 aromatic carbocycles. The number of aromatic amines is 1. The number of aromatic nitrogens is 2. The Morgan fingerprint density at radius 1 is 0.680 bits per heavy atom. The van der Waals surface area contributed by atoms with Crippen LogP contribution in [0.15, 0.2) is 6.20 Å². The minimum atomic E-state index is 0. The maximum absolute atomic E-state index is 4.46. The monoisotopic (exact) mass is 414 g/mol. The van der Waals surface area contributed by atoms with Gasteiger partial charge in [0.1, 0.15) is 5.82 Å². The molecule has 0 aliphatic heterocycles. The smallest absolute Gasteiger partial charge is 0.103 e. The second kappa shape index (κ2) is 18.5. The highest BCUT2D eigenvalue weighted by Gasteiger charge is 1.98. The van der Waals surface area contributed by atoms with Gasteiger partial charge in [0.2, 0.25) is 0 Å². The van der Waals surface area contributed by atoms with E-state index in [-0.39, 0.29) is 17.0 Å². The Bertz CT molecular complexity index is 376. The van der Waals surface area contributed by atoms with E-state index in [0.29, 0.717) is 0 Å². The van der Waals surface area contributed by atoms with Gasteiger partial charge in [0.05, 0.1) is 5.69 Å². The van der Waals surface area contributed by atoms with Gasteiger partial charge < -0.3 is 4.98 Å². The first kappa shape index (κ1) is 24.7. The van der Waals surface area contributed by atoms with Crippen LogP contribution in [0.3, 0.4) is 0 Å². The van der Waals surface area contributed by atoms with Gasteiger partial charge >= 0.3 is 0 Å². The second-order valence-electron chi connectivity index (χ2n) is 7.53. The Morgan fingerprint density at radius 2 is 1.08 bits per heavy atom. The van der Waals surface area contributed by atoms with E-state index in [4.69, 9.17) is 0 Å². The average Bonchev–Trinajstić information content (AvgIpc) is 3.00. The molecule has 3 heteroatoms. The lowest BCUT2D eigenvalue weighted by Crippen LogP contribution is -1.87. The Hall–Kier alpha value is -0.310. The predicted octanol–water partition coefficient (Wildman–Crippen LogP) is 8.10. The lowest BCUT2D eigenvalue weighted by atomic mass is 10.0. The van der Waals surface area contributed by atoms with Gasteiger partial charge in [0, 0.05) is 6.20 Å². The molecule has 148 valence electrons. The van der Waals surface area contributed by atoms with Crippen LogP contribution in [0.25, 0.3) is 0 Å². The fourth-order valence-corrected chi connectivity index (χ4v) is 3.45. The van der Waals surface area contributed by atoms with Crippen LogP contribution >= 0.6 is 17.0 Å². The molecule has 0 atom stereocenters. The van der Waals surface area contributed by atoms with Crippen molar-refractivity contribution < 1.29 is 0 Å². The quantitative estimate of drug-likeness (QED) is 0.256. The van der Waals surface area contributed by atoms with E-state index < -0.39 is 0 Å². The number of nitrogens with one attached hydrogen (secondary N) is 1. The summed E-state index contributed by atoms with van der Waals surface area (Å²) in [6, 6.07) is 0. The SMILES string of the molecule is Br.CCCCCCCCCCCCCCCCCCc1c[nH]c(C)n1. The normalized spacial score (nSPS) is 10.8. The van der Waals surface area contributed by atoms with Crippen LogP contribution in [-0.2, 0) is 6.42 Å². The summed E-state index contributed by atoms with van der Waals surface area (Å²) in [5.74, 6) is 1.04. The third kappa shape index (κ3) is 15.6. The van der Waals surface area contributed by atoms with Crippen LogP contribution in [0.2, 0.25) is 0 Å². The molecular weight excluding hydrogens is 372 g/mol. The number of halogens is 1. The summed E-state index contributed by atoms with van der Waals surface area (Å²) in [7, 11) is 0. The largest absolute Gasteiger partial charge is 0.349 e. The van der Waals surface area contributed by atoms with Gasteiger partial charge in [-0.05, 0) is 19.8 Å². The fraction of sp³-hybridized carbons (Fsp3) is 0.864. The number of hydrogen-bond acceptors (Lipinski definition) is 1. The van der Waals surface area contributed by atoms with Crippen LogP contribution < -0.4 is 0 Å². The third-order valence-corrected chi connectivity index (χ3v) is 5.05. The average molecular weight is 416 g/mol. The number of nitrogens with zero attached hydrogens (tertiary/aromatic N) is 1. The Balaban J connectivity index is 0.00000576. The highest BCUT2D eigenvalue weighted by molar-refractivity contribution is 8.93. The van der Waals surface area contributed by atoms with Crippen LogP contribution in [0.1, 0.15) is 121 Å². The lowest BCUT2D eigenvalue weighted by Gasteiger charge is -2.03. The summed E-state index contributed by atoms with van der Waals surface area (Å²) in [4.78, 5) is 7.62. The van der Waals surface area contributed by atoms with E-state index >= 15 is 0 Å². The molecule has 0 unspecified atom stereocenters. The molecule has 0 aliphatic rings. The molecule has 1 heterocycles. The summed E-state index contributed by atoms with van der Waals surface area (Å²) in [6.07, 6.45) is 26.1. The maximum Gasteiger partial charge on any atom is 0.103 e. The molecule has 0 radical (unpaired) electrons. The van der Waals surface area contributed by atoms with Crippen molar-refractivity contribution in [3.05, 3.63) is 17.7 Å². The molecule has 0 saturated heterocycles. The van der Waals surface area contributed by atoms with Crippen molar-refractivity contribution in [2.75, 3.05) is 0 Å². The molecular formula is C22H43BrN2. The van der Waals surface area contributed by atoms with Crippen molar-refractivity contribution in [2.45, 2.75) is 123 Å². The van der Waals surface area contributed by atoms with Gasteiger partial charge in [-0.3, -0.25) is 0 Å². The molecule has 0 aliphatic carbocycles. The number of H-pyrrole nitrogens is 1. The highest BCUT2D eigenvalue weighted by atomic mass is 79.9. The highest BCUT2D eigenvalue weighted by Crippen LogP contribution is 2.14. The molecule has 0 fully saturated rings. The van der Waals surface area contributed by atoms with Gasteiger partial charge in [-0.1, -0.05) is 103 Å². The van der Waals surface area contributed by atoms with Crippen LogP contribution in [0, 0.1) is 6.92 Å². The summed E-state index contributed by atoms with van der Waals surface area (Å²) in [5.41, 5.74) is 1.23. The van der Waals surface area contributed by atoms with Crippen molar-refractivity contribution in [1.29, 1.82) is 0 Å². The topological polar surface area (TPSA) is 28.7 Å². The molecule has 1 N–H and O–H groups in total. The first-order chi connectivity index (χ1) is 11.8. The number of hydrogen-bond donors (Lipinski definition) is 1. The molecule has 1 aromatic rings. The first-order valence-corrected chi connectivity index (χ1v) is 10.8. The van der Waals surface area contributed by atoms with Crippen molar-refractivity contribution in [3.8, 4) is 0 Å². The maximum atomic E-state index is 4.46. The lowest BCUT2D eigenvalue weighted by molar-refractivity contribution is 0.529. The summed E-state index contributed by atoms with van der Waals surface area (Å²) in [6.45, 7) is 4.32. The van der Waals surface area contributed by atoms with Crippen molar-refractivity contribution in [2.24, 2.45) is 0 Å². The third-order valence-electron chi connectivity index (χ3n) is 5.05. The van der Waals surface area contributed by atoms with Crippen LogP contribution in [-0.4, -0.2) is 9.97 Å². The van der Waals surface area contributed by atoms with Gasteiger partial charge in [-0.25, -0.2) is 4.98 Å². The molecule has 1 aromatic heterocycles. The minimum absolute atomic E-state index is 0. The number of rotatable bonds is 17. The number of imidazole rings is 1. The predicted molar refractivity (Wildman–Crippen MR) is 117 cm³/mol. The zero-order valence-corrected chi connectivity index (χ0v) is 18.7. The molecule has 0 amide bonds. The van der Waals surface area contributed by atoms with E-state index in [1.54, 1.807) is 0 Å². The van der Waals surface area contributed by atoms with E-state index in [1.807, 2.05) is 6.92 Å². The Labute approximate surface area is 167 Å². The molecule has 25 heavy (non-hydrogen) atoms. The molecule has 1 rings (SSSR count). The van der Waals surface area contributed by atoms with E-state index in [0.717, 1.165) is 12.2 Å².